The number of para-hydroxylation sites is 2. The molecule has 1 amide bonds. The number of aromatic nitrogens is 2. The van der Waals surface area contributed by atoms with E-state index in [9.17, 15) is 4.79 Å². The van der Waals surface area contributed by atoms with Gasteiger partial charge in [0, 0.05) is 6.54 Å². The van der Waals surface area contributed by atoms with Gasteiger partial charge in [0.25, 0.3) is 0 Å². The number of hydrogen-bond acceptors (Lipinski definition) is 4. The molecule has 2 aromatic rings. The second-order valence-corrected chi connectivity index (χ2v) is 4.74. The highest BCUT2D eigenvalue weighted by Crippen LogP contribution is 2.20. The highest BCUT2D eigenvalue weighted by Gasteiger charge is 2.15. The molecule has 1 atom stereocenters. The van der Waals surface area contributed by atoms with Crippen molar-refractivity contribution in [3.05, 3.63) is 30.1 Å². The van der Waals surface area contributed by atoms with Crippen LogP contribution in [0.4, 0.5) is 0 Å². The van der Waals surface area contributed by atoms with Gasteiger partial charge in [0.1, 0.15) is 12.4 Å². The van der Waals surface area contributed by atoms with Crippen LogP contribution in [0.3, 0.4) is 0 Å². The molecule has 1 aromatic heterocycles. The number of benzene rings is 1. The second-order valence-electron chi connectivity index (χ2n) is 4.74. The number of hydrogen-bond donors (Lipinski definition) is 2. The lowest BCUT2D eigenvalue weighted by Crippen LogP contribution is -2.35. The molecule has 1 aromatic carbocycles. The lowest BCUT2D eigenvalue weighted by molar-refractivity contribution is -0.120. The molecule has 2 rings (SSSR count). The van der Waals surface area contributed by atoms with Gasteiger partial charge in [-0.25, -0.2) is 4.98 Å². The quantitative estimate of drug-likeness (QED) is 0.785. The number of rotatable bonds is 6. The minimum atomic E-state index is -0.192. The van der Waals surface area contributed by atoms with E-state index in [1.165, 1.54) is 0 Å². The van der Waals surface area contributed by atoms with Gasteiger partial charge < -0.3 is 9.88 Å². The molecule has 0 radical (unpaired) electrons. The zero-order chi connectivity index (χ0) is 15.2. The summed E-state index contributed by atoms with van der Waals surface area (Å²) in [5, 5.41) is 14.1. The van der Waals surface area contributed by atoms with Crippen molar-refractivity contribution in [2.75, 3.05) is 13.1 Å². The van der Waals surface area contributed by atoms with E-state index in [0.717, 1.165) is 23.4 Å². The first-order valence-electron chi connectivity index (χ1n) is 6.99. The van der Waals surface area contributed by atoms with E-state index in [2.05, 4.69) is 27.1 Å². The van der Waals surface area contributed by atoms with Gasteiger partial charge in [0.05, 0.1) is 29.7 Å². The Hall–Kier alpha value is -2.39. The van der Waals surface area contributed by atoms with E-state index in [-0.39, 0.29) is 25.0 Å². The second kappa shape index (κ2) is 6.86. The zero-order valence-electron chi connectivity index (χ0n) is 12.3. The molecule has 0 spiro atoms. The van der Waals surface area contributed by atoms with Crippen molar-refractivity contribution in [3.8, 4) is 6.07 Å². The Labute approximate surface area is 123 Å². The number of carbonyl (C=O) groups excluding carboxylic acids is 1. The third kappa shape index (κ3) is 3.38. The Morgan fingerprint density at radius 1 is 1.48 bits per heavy atom. The van der Waals surface area contributed by atoms with Gasteiger partial charge in [-0.15, -0.1) is 0 Å². The monoisotopic (exact) mass is 285 g/mol. The van der Waals surface area contributed by atoms with E-state index in [1.807, 2.05) is 37.3 Å². The van der Waals surface area contributed by atoms with Gasteiger partial charge in [-0.1, -0.05) is 12.1 Å². The third-order valence-corrected chi connectivity index (χ3v) is 3.32. The number of carbonyl (C=O) groups is 1. The maximum Gasteiger partial charge on any atom is 0.234 e. The maximum atomic E-state index is 11.5. The zero-order valence-corrected chi connectivity index (χ0v) is 12.3. The van der Waals surface area contributed by atoms with Gasteiger partial charge in [-0.05, 0) is 26.0 Å². The minimum Gasteiger partial charge on any atom is -0.342 e. The normalized spacial score (nSPS) is 12.0. The van der Waals surface area contributed by atoms with Crippen LogP contribution in [0.15, 0.2) is 24.3 Å². The van der Waals surface area contributed by atoms with Crippen molar-refractivity contribution in [2.45, 2.75) is 26.4 Å². The van der Waals surface area contributed by atoms with Crippen LogP contribution < -0.4 is 10.6 Å². The van der Waals surface area contributed by atoms with Crippen LogP contribution in [0.5, 0.6) is 0 Å². The molecule has 6 heteroatoms. The lowest BCUT2D eigenvalue weighted by Gasteiger charge is -2.14. The van der Waals surface area contributed by atoms with Crippen LogP contribution in [0, 0.1) is 11.3 Å². The fourth-order valence-corrected chi connectivity index (χ4v) is 2.29. The average molecular weight is 285 g/mol. The fraction of sp³-hybridized carbons (Fsp3) is 0.400. The molecule has 0 unspecified atom stereocenters. The van der Waals surface area contributed by atoms with Gasteiger partial charge >= 0.3 is 0 Å². The van der Waals surface area contributed by atoms with Crippen molar-refractivity contribution >= 4 is 16.9 Å². The summed E-state index contributed by atoms with van der Waals surface area (Å²) in [6.45, 7) is 5.07. The van der Waals surface area contributed by atoms with E-state index < -0.39 is 0 Å². The Balaban J connectivity index is 2.10. The maximum absolute atomic E-state index is 11.5. The molecule has 0 bridgehead atoms. The summed E-state index contributed by atoms with van der Waals surface area (Å²) in [6.07, 6.45) is 0. The number of nitrogens with zero attached hydrogens (tertiary/aromatic N) is 3. The molecule has 0 aliphatic rings. The van der Waals surface area contributed by atoms with E-state index >= 15 is 0 Å². The van der Waals surface area contributed by atoms with Crippen molar-refractivity contribution in [1.82, 2.24) is 20.2 Å². The highest BCUT2D eigenvalue weighted by atomic mass is 16.1. The minimum absolute atomic E-state index is 0.0301. The summed E-state index contributed by atoms with van der Waals surface area (Å²) in [4.78, 5) is 16.2. The SMILES string of the molecule is CCn1c([C@@H](C)NCC(=O)NCC#N)nc2ccccc21. The van der Waals surface area contributed by atoms with Crippen molar-refractivity contribution in [1.29, 1.82) is 5.26 Å². The molecule has 0 aliphatic carbocycles. The summed E-state index contributed by atoms with van der Waals surface area (Å²) in [6, 6.07) is 9.81. The predicted octanol–water partition coefficient (Wildman–Crippen LogP) is 1.35. The Morgan fingerprint density at radius 2 is 2.24 bits per heavy atom. The van der Waals surface area contributed by atoms with Crippen LogP contribution in [0.2, 0.25) is 0 Å². The fourth-order valence-electron chi connectivity index (χ4n) is 2.29. The largest absolute Gasteiger partial charge is 0.342 e. The number of amides is 1. The van der Waals surface area contributed by atoms with Crippen LogP contribution in [-0.2, 0) is 11.3 Å². The smallest absolute Gasteiger partial charge is 0.234 e. The predicted molar refractivity (Wildman–Crippen MR) is 80.4 cm³/mol. The number of fused-ring (bicyclic) bond motifs is 1. The van der Waals surface area contributed by atoms with Crippen molar-refractivity contribution < 1.29 is 4.79 Å². The molecule has 110 valence electrons. The van der Waals surface area contributed by atoms with E-state index in [4.69, 9.17) is 5.26 Å². The Morgan fingerprint density at radius 3 is 2.95 bits per heavy atom. The first-order chi connectivity index (χ1) is 10.2. The lowest BCUT2D eigenvalue weighted by atomic mass is 10.3. The molecule has 6 nitrogen and oxygen atoms in total. The van der Waals surface area contributed by atoms with Crippen LogP contribution >= 0.6 is 0 Å². The van der Waals surface area contributed by atoms with Gasteiger partial charge in [-0.2, -0.15) is 5.26 Å². The molecule has 0 fully saturated rings. The Kier molecular flexibility index (Phi) is 4.90. The molecule has 0 saturated heterocycles. The topological polar surface area (TPSA) is 82.7 Å². The molecular formula is C15H19N5O. The van der Waals surface area contributed by atoms with E-state index in [0.29, 0.717) is 0 Å². The third-order valence-electron chi connectivity index (χ3n) is 3.32. The van der Waals surface area contributed by atoms with Gasteiger partial charge in [0.2, 0.25) is 5.91 Å². The number of nitriles is 1. The number of imidazole rings is 1. The summed E-state index contributed by atoms with van der Waals surface area (Å²) >= 11 is 0. The van der Waals surface area contributed by atoms with Crippen LogP contribution in [0.25, 0.3) is 11.0 Å². The summed E-state index contributed by atoms with van der Waals surface area (Å²) < 4.78 is 2.14. The first-order valence-corrected chi connectivity index (χ1v) is 6.99. The van der Waals surface area contributed by atoms with E-state index in [1.54, 1.807) is 0 Å². The number of nitrogens with one attached hydrogen (secondary N) is 2. The highest BCUT2D eigenvalue weighted by molar-refractivity contribution is 5.78. The van der Waals surface area contributed by atoms with Crippen LogP contribution in [0.1, 0.15) is 25.7 Å². The first kappa shape index (κ1) is 15.0. The summed E-state index contributed by atoms with van der Waals surface area (Å²) in [7, 11) is 0. The molecule has 2 N–H and O–H groups in total. The molecule has 0 saturated carbocycles. The Bertz CT molecular complexity index is 670. The average Bonchev–Trinajstić information content (AvgIpc) is 2.89. The van der Waals surface area contributed by atoms with Gasteiger partial charge in [0.15, 0.2) is 0 Å². The summed E-state index contributed by atoms with van der Waals surface area (Å²) in [5.41, 5.74) is 2.05. The molecule has 0 aliphatic heterocycles. The van der Waals surface area contributed by atoms with Crippen molar-refractivity contribution in [3.63, 3.8) is 0 Å². The standard InChI is InChI=1S/C15H19N5O/c1-3-20-13-7-5-4-6-12(13)19-15(20)11(2)18-10-14(21)17-9-8-16/h4-7,11,18H,3,9-10H2,1-2H3,(H,17,21)/t11-/m1/s1. The molecule has 1 heterocycles. The van der Waals surface area contributed by atoms with Gasteiger partial charge in [-0.3, -0.25) is 10.1 Å². The van der Waals surface area contributed by atoms with Crippen molar-refractivity contribution in [2.24, 2.45) is 0 Å². The number of aryl methyl sites for hydroxylation is 1. The molecular weight excluding hydrogens is 266 g/mol. The van der Waals surface area contributed by atoms with Crippen LogP contribution in [-0.4, -0.2) is 28.5 Å². The summed E-state index contributed by atoms with van der Waals surface area (Å²) in [5.74, 6) is 0.717. The molecule has 21 heavy (non-hydrogen) atoms.